The predicted octanol–water partition coefficient (Wildman–Crippen LogP) is -1.85. The Labute approximate surface area is 169 Å². The lowest BCUT2D eigenvalue weighted by atomic mass is 9.85. The number of hydrogen-bond donors (Lipinski definition) is 4. The van der Waals surface area contributed by atoms with E-state index in [4.69, 9.17) is 14.6 Å². The second-order valence-electron chi connectivity index (χ2n) is 8.19. The predicted molar refractivity (Wildman–Crippen MR) is 105 cm³/mol. The van der Waals surface area contributed by atoms with Crippen LogP contribution in [0.1, 0.15) is 38.5 Å². The first-order valence-corrected chi connectivity index (χ1v) is 10.3. The van der Waals surface area contributed by atoms with Gasteiger partial charge in [-0.25, -0.2) is 0 Å². The van der Waals surface area contributed by atoms with Gasteiger partial charge in [0.2, 0.25) is 17.2 Å². The number of aliphatic hydroxyl groups is 3. The number of Topliss-reactive ketones (excluding diaryl/α,β-unsaturated/α-hetero) is 2. The Hall–Kier alpha value is -1.45. The van der Waals surface area contributed by atoms with E-state index in [1.165, 1.54) is 19.3 Å². The van der Waals surface area contributed by atoms with Gasteiger partial charge >= 0.3 is 5.71 Å². The van der Waals surface area contributed by atoms with Crippen LogP contribution in [-0.4, -0.2) is 95.6 Å². The molecule has 4 atom stereocenters. The Morgan fingerprint density at radius 2 is 2.03 bits per heavy atom. The van der Waals surface area contributed by atoms with E-state index in [-0.39, 0.29) is 32.0 Å². The molecular weight excluding hydrogens is 380 g/mol. The summed E-state index contributed by atoms with van der Waals surface area (Å²) in [5, 5.41) is 32.9. The van der Waals surface area contributed by atoms with Gasteiger partial charge in [0, 0.05) is 19.6 Å². The number of hydrogen-bond acceptors (Lipinski definition) is 8. The summed E-state index contributed by atoms with van der Waals surface area (Å²) in [6.07, 6.45) is 1.41. The molecule has 0 aromatic rings. The standard InChI is InChI=1S/C20H31N2O7/c1-21-17-15(25)8-16(26)18(27)20(12-19(17,20)28-7-3-6-23)29-11-14(24)10-22-9-13-4-2-5-13/h13-15,22-25H,1-12H2/q+1. The minimum Gasteiger partial charge on any atom is -0.396 e. The van der Waals surface area contributed by atoms with Gasteiger partial charge in [-0.05, 0) is 31.7 Å². The molecule has 4 unspecified atom stereocenters. The van der Waals surface area contributed by atoms with Crippen molar-refractivity contribution in [1.82, 2.24) is 9.98 Å². The number of nitrogens with zero attached hydrogens (tertiary/aromatic N) is 1. The zero-order valence-corrected chi connectivity index (χ0v) is 16.6. The van der Waals surface area contributed by atoms with Gasteiger partial charge in [-0.3, -0.25) is 9.59 Å². The molecule has 3 aliphatic carbocycles. The number of fused-ring (bicyclic) bond motifs is 1. The molecule has 0 saturated heterocycles. The fourth-order valence-electron chi connectivity index (χ4n) is 4.19. The van der Waals surface area contributed by atoms with Crippen molar-refractivity contribution in [3.63, 3.8) is 0 Å². The van der Waals surface area contributed by atoms with E-state index in [0.717, 1.165) is 6.54 Å². The van der Waals surface area contributed by atoms with Crippen LogP contribution in [0, 0.1) is 5.92 Å². The first-order chi connectivity index (χ1) is 13.9. The number of rotatable bonds is 11. The van der Waals surface area contributed by atoms with Gasteiger partial charge in [0.05, 0.1) is 25.7 Å². The minimum atomic E-state index is -1.62. The van der Waals surface area contributed by atoms with Crippen LogP contribution in [-0.2, 0) is 19.1 Å². The van der Waals surface area contributed by atoms with Crippen molar-refractivity contribution in [1.29, 1.82) is 0 Å². The van der Waals surface area contributed by atoms with Gasteiger partial charge < -0.3 is 30.1 Å². The Morgan fingerprint density at radius 1 is 1.28 bits per heavy atom. The van der Waals surface area contributed by atoms with Gasteiger partial charge in [-0.1, -0.05) is 6.42 Å². The van der Waals surface area contributed by atoms with E-state index in [9.17, 15) is 19.8 Å². The summed E-state index contributed by atoms with van der Waals surface area (Å²) in [5.41, 5.74) is -2.93. The molecule has 29 heavy (non-hydrogen) atoms. The van der Waals surface area contributed by atoms with E-state index < -0.39 is 41.4 Å². The fraction of sp³-hybridized carbons (Fsp3) is 0.800. The van der Waals surface area contributed by atoms with Crippen LogP contribution in [0.25, 0.3) is 0 Å². The zero-order valence-electron chi connectivity index (χ0n) is 16.6. The number of nitrogens with one attached hydrogen (secondary N) is 1. The molecule has 0 aliphatic heterocycles. The maximum absolute atomic E-state index is 12.8. The van der Waals surface area contributed by atoms with Crippen LogP contribution in [0.3, 0.4) is 0 Å². The molecule has 4 N–H and O–H groups in total. The molecule has 0 heterocycles. The summed E-state index contributed by atoms with van der Waals surface area (Å²) in [6, 6.07) is 0. The Kier molecular flexibility index (Phi) is 7.01. The normalized spacial score (nSPS) is 32.9. The molecule has 3 rings (SSSR count). The number of ether oxygens (including phenoxy) is 2. The minimum absolute atomic E-state index is 0.0175. The highest BCUT2D eigenvalue weighted by molar-refractivity contribution is 6.44. The SMILES string of the molecule is C=[N+]=C1C(O)CC(=O)C(=O)C2(OCC(O)CNCC3CCC3)CC12OCCCO. The maximum atomic E-state index is 12.8. The molecule has 0 aromatic heterocycles. The third-order valence-corrected chi connectivity index (χ3v) is 6.13. The van der Waals surface area contributed by atoms with Gasteiger partial charge in [0.1, 0.15) is 0 Å². The van der Waals surface area contributed by atoms with Crippen LogP contribution in [0.5, 0.6) is 0 Å². The highest BCUT2D eigenvalue weighted by Gasteiger charge is 2.84. The molecule has 0 bridgehead atoms. The summed E-state index contributed by atoms with van der Waals surface area (Å²) >= 11 is 0. The van der Waals surface area contributed by atoms with E-state index in [0.29, 0.717) is 18.9 Å². The van der Waals surface area contributed by atoms with Gasteiger partial charge in [-0.2, -0.15) is 0 Å². The van der Waals surface area contributed by atoms with Crippen LogP contribution in [0.15, 0.2) is 0 Å². The fourth-order valence-corrected chi connectivity index (χ4v) is 4.19. The molecule has 9 nitrogen and oxygen atoms in total. The second-order valence-corrected chi connectivity index (χ2v) is 8.19. The quantitative estimate of drug-likeness (QED) is 0.134. The molecule has 0 radical (unpaired) electrons. The van der Waals surface area contributed by atoms with Crippen molar-refractivity contribution < 1.29 is 34.4 Å². The van der Waals surface area contributed by atoms with Crippen LogP contribution in [0.4, 0.5) is 0 Å². The maximum Gasteiger partial charge on any atom is 0.343 e. The van der Waals surface area contributed by atoms with Crippen molar-refractivity contribution in [3.05, 3.63) is 0 Å². The third kappa shape index (κ3) is 4.22. The molecular formula is C20H31N2O7+. The number of ketones is 2. The van der Waals surface area contributed by atoms with Crippen LogP contribution >= 0.6 is 0 Å². The number of aliphatic hydroxyl groups excluding tert-OH is 3. The molecule has 162 valence electrons. The van der Waals surface area contributed by atoms with Crippen LogP contribution < -0.4 is 9.98 Å². The summed E-state index contributed by atoms with van der Waals surface area (Å²) in [7, 11) is 0. The average Bonchev–Trinajstić information content (AvgIpc) is 3.31. The lowest BCUT2D eigenvalue weighted by molar-refractivity contribution is -0.151. The van der Waals surface area contributed by atoms with Gasteiger partial charge in [0.15, 0.2) is 11.7 Å². The van der Waals surface area contributed by atoms with Crippen molar-refractivity contribution in [2.75, 3.05) is 32.9 Å². The summed E-state index contributed by atoms with van der Waals surface area (Å²) in [5.74, 6) is -0.897. The second kappa shape index (κ2) is 9.14. The van der Waals surface area contributed by atoms with E-state index >= 15 is 0 Å². The van der Waals surface area contributed by atoms with Gasteiger partial charge in [0.25, 0.3) is 6.72 Å². The molecule has 9 heteroatoms. The third-order valence-electron chi connectivity index (χ3n) is 6.13. The van der Waals surface area contributed by atoms with E-state index in [1.54, 1.807) is 0 Å². The first-order valence-electron chi connectivity index (χ1n) is 10.3. The molecule has 0 spiro atoms. The average molecular weight is 411 g/mol. The van der Waals surface area contributed by atoms with Crippen LogP contribution in [0.2, 0.25) is 0 Å². The topological polar surface area (TPSA) is 139 Å². The Morgan fingerprint density at radius 3 is 2.66 bits per heavy atom. The first kappa shape index (κ1) is 22.2. The smallest absolute Gasteiger partial charge is 0.343 e. The van der Waals surface area contributed by atoms with E-state index in [2.05, 4.69) is 16.7 Å². The molecule has 0 aromatic carbocycles. The largest absolute Gasteiger partial charge is 0.396 e. The summed E-state index contributed by atoms with van der Waals surface area (Å²) in [6.45, 7) is 4.43. The molecule has 0 amide bonds. The van der Waals surface area contributed by atoms with E-state index in [1.807, 2.05) is 0 Å². The monoisotopic (exact) mass is 411 g/mol. The Balaban J connectivity index is 1.69. The highest BCUT2D eigenvalue weighted by Crippen LogP contribution is 2.57. The summed E-state index contributed by atoms with van der Waals surface area (Å²) < 4.78 is 15.5. The number of carbonyl (C=O) groups is 2. The Bertz CT molecular complexity index is 688. The van der Waals surface area contributed by atoms with Crippen molar-refractivity contribution in [3.8, 4) is 0 Å². The summed E-state index contributed by atoms with van der Waals surface area (Å²) in [4.78, 5) is 25.1. The molecule has 3 fully saturated rings. The highest BCUT2D eigenvalue weighted by atomic mass is 16.6. The van der Waals surface area contributed by atoms with Gasteiger partial charge in [-0.15, -0.1) is 4.67 Å². The van der Waals surface area contributed by atoms with Crippen molar-refractivity contribution in [2.45, 2.75) is 61.9 Å². The molecule has 3 saturated carbocycles. The van der Waals surface area contributed by atoms with Crippen molar-refractivity contribution >= 4 is 24.0 Å². The van der Waals surface area contributed by atoms with Crippen molar-refractivity contribution in [2.24, 2.45) is 5.92 Å². The number of carbonyl (C=O) groups excluding carboxylic acids is 2. The molecule has 3 aliphatic rings. The lowest BCUT2D eigenvalue weighted by Crippen LogP contribution is -2.48. The zero-order chi connectivity index (χ0) is 21.1. The lowest BCUT2D eigenvalue weighted by Gasteiger charge is -2.26.